The van der Waals surface area contributed by atoms with Crippen LogP contribution in [-0.4, -0.2) is 43.0 Å². The van der Waals surface area contributed by atoms with Crippen LogP contribution in [0, 0.1) is 0 Å². The number of fused-ring (bicyclic) bond motifs is 1. The second-order valence-corrected chi connectivity index (χ2v) is 5.75. The van der Waals surface area contributed by atoms with Crippen molar-refractivity contribution in [2.75, 3.05) is 20.6 Å². The van der Waals surface area contributed by atoms with E-state index in [2.05, 4.69) is 48.6 Å². The molecule has 4 nitrogen and oxygen atoms in total. The topological polar surface area (TPSA) is 58.4 Å². The molecule has 0 bridgehead atoms. The predicted molar refractivity (Wildman–Crippen MR) is 76.9 cm³/mol. The summed E-state index contributed by atoms with van der Waals surface area (Å²) in [6.45, 7) is 2.34. The zero-order chi connectivity index (χ0) is 14.0. The van der Waals surface area contributed by atoms with Gasteiger partial charge in [0.1, 0.15) is 0 Å². The lowest BCUT2D eigenvalue weighted by molar-refractivity contribution is -0.122. The Balaban J connectivity index is 2.12. The first-order chi connectivity index (χ1) is 8.94. The quantitative estimate of drug-likeness (QED) is 0.832. The first kappa shape index (κ1) is 14.0. The van der Waals surface area contributed by atoms with Gasteiger partial charge in [-0.3, -0.25) is 4.79 Å². The normalized spacial score (nSPS) is 18.2. The van der Waals surface area contributed by atoms with E-state index in [4.69, 9.17) is 5.73 Å². The van der Waals surface area contributed by atoms with Crippen LogP contribution in [0.4, 0.5) is 0 Å². The second kappa shape index (κ2) is 5.31. The van der Waals surface area contributed by atoms with Crippen LogP contribution in [0.1, 0.15) is 18.1 Å². The number of hydrogen-bond donors (Lipinski definition) is 2. The molecule has 1 amide bonds. The van der Waals surface area contributed by atoms with Gasteiger partial charge in [0.25, 0.3) is 0 Å². The van der Waals surface area contributed by atoms with Gasteiger partial charge in [0.05, 0.1) is 6.04 Å². The minimum atomic E-state index is -0.456. The van der Waals surface area contributed by atoms with Crippen molar-refractivity contribution in [3.63, 3.8) is 0 Å². The lowest BCUT2D eigenvalue weighted by atomic mass is 9.94. The van der Waals surface area contributed by atoms with Gasteiger partial charge in [0.2, 0.25) is 5.91 Å². The summed E-state index contributed by atoms with van der Waals surface area (Å²) in [4.78, 5) is 13.9. The number of nitrogens with two attached hydrogens (primary N) is 1. The third-order valence-electron chi connectivity index (χ3n) is 4.11. The molecular weight excluding hydrogens is 238 g/mol. The van der Waals surface area contributed by atoms with E-state index in [0.29, 0.717) is 6.54 Å². The van der Waals surface area contributed by atoms with E-state index in [1.807, 2.05) is 0 Å². The minimum Gasteiger partial charge on any atom is -0.353 e. The van der Waals surface area contributed by atoms with Crippen LogP contribution in [0.2, 0.25) is 0 Å². The molecule has 104 valence electrons. The molecular formula is C15H23N3O. The Bertz CT molecular complexity index is 443. The molecule has 0 heterocycles. The van der Waals surface area contributed by atoms with E-state index in [1.165, 1.54) is 11.1 Å². The number of likely N-dealkylation sites (N-methyl/N-ethyl adjacent to an activating group) is 1. The van der Waals surface area contributed by atoms with Crippen LogP contribution < -0.4 is 11.1 Å². The summed E-state index contributed by atoms with van der Waals surface area (Å²) in [6.07, 6.45) is 1.94. The zero-order valence-corrected chi connectivity index (χ0v) is 11.9. The van der Waals surface area contributed by atoms with Crippen molar-refractivity contribution in [3.05, 3.63) is 35.4 Å². The first-order valence-electron chi connectivity index (χ1n) is 6.72. The number of hydrogen-bond acceptors (Lipinski definition) is 3. The Morgan fingerprint density at radius 1 is 1.37 bits per heavy atom. The average Bonchev–Trinajstić information content (AvgIpc) is 2.75. The molecule has 0 saturated carbocycles. The number of rotatable bonds is 4. The van der Waals surface area contributed by atoms with Gasteiger partial charge in [-0.05, 0) is 45.0 Å². The Morgan fingerprint density at radius 2 is 1.89 bits per heavy atom. The monoisotopic (exact) mass is 261 g/mol. The molecule has 1 aliphatic carbocycles. The van der Waals surface area contributed by atoms with Gasteiger partial charge in [-0.25, -0.2) is 0 Å². The van der Waals surface area contributed by atoms with Gasteiger partial charge in [-0.2, -0.15) is 0 Å². The maximum atomic E-state index is 11.7. The van der Waals surface area contributed by atoms with Gasteiger partial charge in [0, 0.05) is 12.1 Å². The summed E-state index contributed by atoms with van der Waals surface area (Å²) in [5.41, 5.74) is 8.33. The van der Waals surface area contributed by atoms with Crippen LogP contribution in [0.15, 0.2) is 24.3 Å². The van der Waals surface area contributed by atoms with E-state index < -0.39 is 6.04 Å². The van der Waals surface area contributed by atoms with Gasteiger partial charge >= 0.3 is 0 Å². The molecule has 0 aliphatic heterocycles. The molecule has 3 N–H and O–H groups in total. The van der Waals surface area contributed by atoms with E-state index >= 15 is 0 Å². The Kier molecular flexibility index (Phi) is 3.92. The van der Waals surface area contributed by atoms with E-state index in [9.17, 15) is 4.79 Å². The van der Waals surface area contributed by atoms with Gasteiger partial charge < -0.3 is 16.0 Å². The number of amides is 1. The highest BCUT2D eigenvalue weighted by Crippen LogP contribution is 2.32. The first-order valence-corrected chi connectivity index (χ1v) is 6.72. The molecule has 0 spiro atoms. The molecule has 1 atom stereocenters. The molecule has 0 saturated heterocycles. The Hall–Kier alpha value is -1.39. The fourth-order valence-electron chi connectivity index (χ4n) is 2.69. The van der Waals surface area contributed by atoms with Crippen molar-refractivity contribution in [2.45, 2.75) is 31.3 Å². The van der Waals surface area contributed by atoms with Crippen LogP contribution in [0.5, 0.6) is 0 Å². The van der Waals surface area contributed by atoms with Gasteiger partial charge in [-0.15, -0.1) is 0 Å². The highest BCUT2D eigenvalue weighted by atomic mass is 16.2. The summed E-state index contributed by atoms with van der Waals surface area (Å²) >= 11 is 0. The summed E-state index contributed by atoms with van der Waals surface area (Å²) in [5.74, 6) is -0.0859. The molecule has 0 unspecified atom stereocenters. The van der Waals surface area contributed by atoms with Crippen LogP contribution in [0.25, 0.3) is 0 Å². The molecule has 0 radical (unpaired) electrons. The molecule has 1 aromatic rings. The average molecular weight is 261 g/mol. The van der Waals surface area contributed by atoms with Crippen molar-refractivity contribution in [1.82, 2.24) is 10.2 Å². The van der Waals surface area contributed by atoms with Crippen LogP contribution >= 0.6 is 0 Å². The number of nitrogens with one attached hydrogen (secondary N) is 1. The molecule has 19 heavy (non-hydrogen) atoms. The molecule has 0 fully saturated rings. The molecule has 2 rings (SSSR count). The van der Waals surface area contributed by atoms with Gasteiger partial charge in [-0.1, -0.05) is 24.3 Å². The summed E-state index contributed by atoms with van der Waals surface area (Å²) in [5, 5.41) is 2.98. The summed E-state index contributed by atoms with van der Waals surface area (Å²) in [6, 6.07) is 8.04. The Labute approximate surface area is 115 Å². The predicted octanol–water partition coefficient (Wildman–Crippen LogP) is 0.549. The fraction of sp³-hybridized carbons (Fsp3) is 0.533. The number of carbonyl (C=O) groups excluding carboxylic acids is 1. The van der Waals surface area contributed by atoms with Crippen molar-refractivity contribution in [2.24, 2.45) is 5.73 Å². The Morgan fingerprint density at radius 3 is 2.32 bits per heavy atom. The van der Waals surface area contributed by atoms with Crippen LogP contribution in [-0.2, 0) is 17.6 Å². The molecule has 1 aliphatic rings. The highest BCUT2D eigenvalue weighted by Gasteiger charge is 2.39. The molecule has 4 heteroatoms. The minimum absolute atomic E-state index is 0.0335. The lowest BCUT2D eigenvalue weighted by Gasteiger charge is -2.36. The maximum absolute atomic E-state index is 11.7. The van der Waals surface area contributed by atoms with E-state index in [-0.39, 0.29) is 11.4 Å². The zero-order valence-electron chi connectivity index (χ0n) is 11.9. The molecule has 0 aromatic heterocycles. The SMILES string of the molecule is C[C@@H](N)C(=O)NCC1(N(C)C)Cc2ccccc2C1. The van der Waals surface area contributed by atoms with Crippen molar-refractivity contribution >= 4 is 5.91 Å². The second-order valence-electron chi connectivity index (χ2n) is 5.75. The fourth-order valence-corrected chi connectivity index (χ4v) is 2.69. The van der Waals surface area contributed by atoms with E-state index in [0.717, 1.165) is 12.8 Å². The van der Waals surface area contributed by atoms with E-state index in [1.54, 1.807) is 6.92 Å². The maximum Gasteiger partial charge on any atom is 0.236 e. The standard InChI is InChI=1S/C15H23N3O/c1-11(16)14(19)17-10-15(18(2)3)8-12-6-4-5-7-13(12)9-15/h4-7,11H,8-10,16H2,1-3H3,(H,17,19)/t11-/m1/s1. The van der Waals surface area contributed by atoms with Crippen molar-refractivity contribution < 1.29 is 4.79 Å². The largest absolute Gasteiger partial charge is 0.353 e. The number of carbonyl (C=O) groups is 1. The van der Waals surface area contributed by atoms with Crippen LogP contribution in [0.3, 0.4) is 0 Å². The third kappa shape index (κ3) is 2.80. The number of benzene rings is 1. The van der Waals surface area contributed by atoms with Crippen molar-refractivity contribution in [1.29, 1.82) is 0 Å². The molecule has 1 aromatic carbocycles. The smallest absolute Gasteiger partial charge is 0.236 e. The highest BCUT2D eigenvalue weighted by molar-refractivity contribution is 5.81. The number of nitrogens with zero attached hydrogens (tertiary/aromatic N) is 1. The summed E-state index contributed by atoms with van der Waals surface area (Å²) in [7, 11) is 4.15. The lowest BCUT2D eigenvalue weighted by Crippen LogP contribution is -2.55. The van der Waals surface area contributed by atoms with Gasteiger partial charge in [0.15, 0.2) is 0 Å². The third-order valence-corrected chi connectivity index (χ3v) is 4.11. The van der Waals surface area contributed by atoms with Crippen molar-refractivity contribution in [3.8, 4) is 0 Å². The summed E-state index contributed by atoms with van der Waals surface area (Å²) < 4.78 is 0.